The largest absolute Gasteiger partial charge is 0.435 e. The molecule has 1 N–H and O–H groups in total. The molecule has 0 aliphatic heterocycles. The predicted molar refractivity (Wildman–Crippen MR) is 93.4 cm³/mol. The quantitative estimate of drug-likeness (QED) is 0.760. The number of carbonyl (C=O) groups is 1. The van der Waals surface area contributed by atoms with Crippen LogP contribution in [0.1, 0.15) is 16.1 Å². The number of fused-ring (bicyclic) bond motifs is 1. The molecule has 2 aromatic carbocycles. The van der Waals surface area contributed by atoms with E-state index < -0.39 is 6.61 Å². The van der Waals surface area contributed by atoms with Crippen LogP contribution in [0, 0.1) is 0 Å². The molecule has 1 heterocycles. The maximum Gasteiger partial charge on any atom is 0.387 e. The fourth-order valence-electron chi connectivity index (χ4n) is 2.65. The lowest BCUT2D eigenvalue weighted by Gasteiger charge is -2.17. The Morgan fingerprint density at radius 3 is 2.54 bits per heavy atom. The number of amides is 1. The monoisotopic (exact) mass is 358 g/mol. The number of rotatable bonds is 5. The number of nitrogens with zero attached hydrogens (tertiary/aromatic N) is 1. The van der Waals surface area contributed by atoms with Gasteiger partial charge in [-0.15, -0.1) is 0 Å². The van der Waals surface area contributed by atoms with Gasteiger partial charge < -0.3 is 14.6 Å². The lowest BCUT2D eigenvalue weighted by molar-refractivity contribution is -0.0498. The van der Waals surface area contributed by atoms with Crippen molar-refractivity contribution in [1.82, 2.24) is 9.88 Å². The standard InChI is InChI=1S/C19H16F2N2O3/c1-23(11-12-6-8-14(9-7-12)26-19(20)21)18(25)16-10-13-4-2-3-5-15(13)17(24)22-16/h2-10,19H,11H2,1H3,(H,22,24). The Kier molecular flexibility index (Phi) is 4.97. The Labute approximate surface area is 147 Å². The summed E-state index contributed by atoms with van der Waals surface area (Å²) < 4.78 is 28.6. The first-order chi connectivity index (χ1) is 12.4. The second kappa shape index (κ2) is 7.35. The van der Waals surface area contributed by atoms with E-state index in [1.807, 2.05) is 0 Å². The Bertz CT molecular complexity index is 984. The van der Waals surface area contributed by atoms with E-state index >= 15 is 0 Å². The SMILES string of the molecule is CN(Cc1ccc(OC(F)F)cc1)C(=O)c1cc2ccccc2c(=O)[nH]1. The zero-order valence-corrected chi connectivity index (χ0v) is 13.9. The molecule has 0 fully saturated rings. The summed E-state index contributed by atoms with van der Waals surface area (Å²) in [6, 6.07) is 14.7. The summed E-state index contributed by atoms with van der Waals surface area (Å²) in [6.07, 6.45) is 0. The topological polar surface area (TPSA) is 62.4 Å². The third kappa shape index (κ3) is 3.88. The van der Waals surface area contributed by atoms with Crippen molar-refractivity contribution in [2.24, 2.45) is 0 Å². The number of carbonyl (C=O) groups excluding carboxylic acids is 1. The Morgan fingerprint density at radius 1 is 1.15 bits per heavy atom. The van der Waals surface area contributed by atoms with E-state index in [0.29, 0.717) is 10.8 Å². The fourth-order valence-corrected chi connectivity index (χ4v) is 2.65. The van der Waals surface area contributed by atoms with Crippen molar-refractivity contribution in [3.63, 3.8) is 0 Å². The number of aromatic nitrogens is 1. The molecular weight excluding hydrogens is 342 g/mol. The van der Waals surface area contributed by atoms with Gasteiger partial charge >= 0.3 is 6.61 Å². The maximum atomic E-state index is 12.6. The van der Waals surface area contributed by atoms with E-state index in [1.165, 1.54) is 17.0 Å². The number of benzene rings is 2. The van der Waals surface area contributed by atoms with Crippen molar-refractivity contribution in [2.75, 3.05) is 7.05 Å². The minimum atomic E-state index is -2.88. The summed E-state index contributed by atoms with van der Waals surface area (Å²) in [5.74, 6) is -0.294. The lowest BCUT2D eigenvalue weighted by atomic mass is 10.1. The molecule has 3 rings (SSSR count). The van der Waals surface area contributed by atoms with Gasteiger partial charge in [-0.2, -0.15) is 8.78 Å². The number of hydrogen-bond acceptors (Lipinski definition) is 3. The molecule has 0 aliphatic rings. The average Bonchev–Trinajstić information content (AvgIpc) is 2.62. The molecule has 0 atom stereocenters. The first-order valence-electron chi connectivity index (χ1n) is 7.85. The molecule has 1 amide bonds. The van der Waals surface area contributed by atoms with E-state index in [0.717, 1.165) is 5.56 Å². The summed E-state index contributed by atoms with van der Waals surface area (Å²) in [7, 11) is 1.60. The van der Waals surface area contributed by atoms with Gasteiger partial charge in [0.05, 0.1) is 0 Å². The van der Waals surface area contributed by atoms with Crippen molar-refractivity contribution < 1.29 is 18.3 Å². The highest BCUT2D eigenvalue weighted by atomic mass is 19.3. The van der Waals surface area contributed by atoms with Crippen molar-refractivity contribution in [2.45, 2.75) is 13.2 Å². The first kappa shape index (κ1) is 17.6. The van der Waals surface area contributed by atoms with E-state index in [1.54, 1.807) is 49.5 Å². The van der Waals surface area contributed by atoms with Gasteiger partial charge in [0.1, 0.15) is 11.4 Å². The highest BCUT2D eigenvalue weighted by Gasteiger charge is 2.15. The summed E-state index contributed by atoms with van der Waals surface area (Å²) in [6.45, 7) is -2.63. The number of nitrogens with one attached hydrogen (secondary N) is 1. The Morgan fingerprint density at radius 2 is 1.85 bits per heavy atom. The number of hydrogen-bond donors (Lipinski definition) is 1. The summed E-state index contributed by atoms with van der Waals surface area (Å²) >= 11 is 0. The van der Waals surface area contributed by atoms with Gasteiger partial charge in [0.25, 0.3) is 11.5 Å². The van der Waals surface area contributed by atoms with Crippen molar-refractivity contribution >= 4 is 16.7 Å². The summed E-state index contributed by atoms with van der Waals surface area (Å²) in [5, 5.41) is 1.20. The number of ether oxygens (including phenoxy) is 1. The molecule has 0 aliphatic carbocycles. The number of pyridine rings is 1. The van der Waals surface area contributed by atoms with Gasteiger partial charge in [-0.25, -0.2) is 0 Å². The molecule has 0 radical (unpaired) electrons. The fraction of sp³-hybridized carbons (Fsp3) is 0.158. The van der Waals surface area contributed by atoms with Gasteiger partial charge in [0, 0.05) is 19.0 Å². The molecule has 0 unspecified atom stereocenters. The van der Waals surface area contributed by atoms with Crippen LogP contribution in [0.2, 0.25) is 0 Å². The second-order valence-corrected chi connectivity index (χ2v) is 5.78. The van der Waals surface area contributed by atoms with Gasteiger partial charge in [-0.1, -0.05) is 30.3 Å². The zero-order valence-electron chi connectivity index (χ0n) is 13.9. The van der Waals surface area contributed by atoms with E-state index in [9.17, 15) is 18.4 Å². The third-order valence-corrected chi connectivity index (χ3v) is 3.90. The van der Waals surface area contributed by atoms with Crippen molar-refractivity contribution in [3.8, 4) is 5.75 Å². The smallest absolute Gasteiger partial charge is 0.387 e. The molecule has 26 heavy (non-hydrogen) atoms. The van der Waals surface area contributed by atoms with Crippen molar-refractivity contribution in [1.29, 1.82) is 0 Å². The van der Waals surface area contributed by atoms with Crippen LogP contribution in [0.4, 0.5) is 8.78 Å². The lowest BCUT2D eigenvalue weighted by Crippen LogP contribution is -2.28. The minimum Gasteiger partial charge on any atom is -0.435 e. The molecule has 1 aromatic heterocycles. The first-order valence-corrected chi connectivity index (χ1v) is 7.85. The highest BCUT2D eigenvalue weighted by molar-refractivity contribution is 5.96. The van der Waals surface area contributed by atoms with Crippen LogP contribution in [0.3, 0.4) is 0 Å². The molecule has 0 bridgehead atoms. The number of aromatic amines is 1. The van der Waals surface area contributed by atoms with Crippen LogP contribution in [0.25, 0.3) is 10.8 Å². The van der Waals surface area contributed by atoms with Crippen LogP contribution in [0.5, 0.6) is 5.75 Å². The summed E-state index contributed by atoms with van der Waals surface area (Å²) in [4.78, 5) is 28.7. The highest BCUT2D eigenvalue weighted by Crippen LogP contribution is 2.17. The van der Waals surface area contributed by atoms with Crippen molar-refractivity contribution in [3.05, 3.63) is 76.2 Å². The molecular formula is C19H16F2N2O3. The van der Waals surface area contributed by atoms with E-state index in [-0.39, 0.29) is 29.5 Å². The normalized spacial score (nSPS) is 10.9. The van der Waals surface area contributed by atoms with Gasteiger partial charge in [0.15, 0.2) is 0 Å². The minimum absolute atomic E-state index is 0.0524. The molecule has 0 saturated heterocycles. The average molecular weight is 358 g/mol. The van der Waals surface area contributed by atoms with Crippen LogP contribution in [0.15, 0.2) is 59.4 Å². The predicted octanol–water partition coefficient (Wildman–Crippen LogP) is 3.40. The number of H-pyrrole nitrogens is 1. The molecule has 0 spiro atoms. The molecule has 0 saturated carbocycles. The molecule has 7 heteroatoms. The van der Waals surface area contributed by atoms with Gasteiger partial charge in [-0.05, 0) is 35.2 Å². The van der Waals surface area contributed by atoms with E-state index in [2.05, 4.69) is 9.72 Å². The van der Waals surface area contributed by atoms with Gasteiger partial charge in [-0.3, -0.25) is 9.59 Å². The molecule has 5 nitrogen and oxygen atoms in total. The van der Waals surface area contributed by atoms with Gasteiger partial charge in [0.2, 0.25) is 0 Å². The summed E-state index contributed by atoms with van der Waals surface area (Å²) in [5.41, 5.74) is 0.604. The molecule has 134 valence electrons. The maximum absolute atomic E-state index is 12.6. The number of halogens is 2. The van der Waals surface area contributed by atoms with Crippen LogP contribution in [-0.4, -0.2) is 29.5 Å². The Balaban J connectivity index is 1.76. The zero-order chi connectivity index (χ0) is 18.7. The molecule has 3 aromatic rings. The van der Waals surface area contributed by atoms with Crippen LogP contribution >= 0.6 is 0 Å². The Hall–Kier alpha value is -3.22. The second-order valence-electron chi connectivity index (χ2n) is 5.78. The van der Waals surface area contributed by atoms with Crippen LogP contribution in [-0.2, 0) is 6.54 Å². The third-order valence-electron chi connectivity index (χ3n) is 3.90. The van der Waals surface area contributed by atoms with Crippen LogP contribution < -0.4 is 10.3 Å². The van der Waals surface area contributed by atoms with E-state index in [4.69, 9.17) is 0 Å². The number of alkyl halides is 2.